The Kier molecular flexibility index (Phi) is 8.17. The Balaban J connectivity index is 0.906. The average molecular weight is 779 g/mol. The lowest BCUT2D eigenvalue weighted by atomic mass is 9.99. The Morgan fingerprint density at radius 1 is 0.311 bits per heavy atom. The van der Waals surface area contributed by atoms with Crippen molar-refractivity contribution in [2.45, 2.75) is 0 Å². The molecule has 3 nitrogen and oxygen atoms in total. The van der Waals surface area contributed by atoms with Crippen LogP contribution in [0, 0.1) is 0 Å². The van der Waals surface area contributed by atoms with Crippen LogP contribution in [0.2, 0.25) is 0 Å². The molecule has 0 aliphatic carbocycles. The van der Waals surface area contributed by atoms with Crippen molar-refractivity contribution in [1.29, 1.82) is 0 Å². The van der Waals surface area contributed by atoms with Crippen LogP contribution in [0.3, 0.4) is 0 Å². The first-order valence-electron chi connectivity index (χ1n) is 20.8. The average Bonchev–Trinajstić information content (AvgIpc) is 3.67. The first-order valence-corrected chi connectivity index (χ1v) is 20.8. The van der Waals surface area contributed by atoms with Gasteiger partial charge in [-0.1, -0.05) is 158 Å². The van der Waals surface area contributed by atoms with Gasteiger partial charge in [0, 0.05) is 27.8 Å². The number of fused-ring (bicyclic) bond motifs is 6. The van der Waals surface area contributed by atoms with E-state index in [-0.39, 0.29) is 0 Å². The van der Waals surface area contributed by atoms with E-state index in [0.717, 1.165) is 45.3 Å². The number of hydrogen-bond donors (Lipinski definition) is 0. The molecule has 1 aliphatic rings. The number of aromatic nitrogens is 1. The number of benzene rings is 10. The molecule has 12 rings (SSSR count). The van der Waals surface area contributed by atoms with E-state index in [9.17, 15) is 0 Å². The van der Waals surface area contributed by atoms with E-state index < -0.39 is 0 Å². The number of rotatable bonds is 7. The van der Waals surface area contributed by atoms with Crippen LogP contribution in [-0.2, 0) is 0 Å². The van der Waals surface area contributed by atoms with Crippen LogP contribution in [-0.4, -0.2) is 4.57 Å². The van der Waals surface area contributed by atoms with Gasteiger partial charge in [0.2, 0.25) is 0 Å². The second-order valence-corrected chi connectivity index (χ2v) is 15.8. The maximum absolute atomic E-state index is 6.37. The minimum Gasteiger partial charge on any atom is -0.453 e. The quantitative estimate of drug-likeness (QED) is 0.160. The van der Waals surface area contributed by atoms with Crippen molar-refractivity contribution in [2.75, 3.05) is 4.90 Å². The minimum absolute atomic E-state index is 0.875. The molecule has 0 atom stereocenters. The molecule has 3 heteroatoms. The summed E-state index contributed by atoms with van der Waals surface area (Å²) in [6.45, 7) is 0. The van der Waals surface area contributed by atoms with Gasteiger partial charge in [0.05, 0.1) is 16.7 Å². The third-order valence-corrected chi connectivity index (χ3v) is 12.2. The van der Waals surface area contributed by atoms with E-state index in [2.05, 4.69) is 228 Å². The lowest BCUT2D eigenvalue weighted by molar-refractivity contribution is 0.476. The van der Waals surface area contributed by atoms with Crippen LogP contribution in [0.15, 0.2) is 231 Å². The van der Waals surface area contributed by atoms with Gasteiger partial charge in [-0.15, -0.1) is 0 Å². The summed E-state index contributed by atoms with van der Waals surface area (Å²) in [7, 11) is 0. The molecule has 11 aromatic rings. The summed E-state index contributed by atoms with van der Waals surface area (Å²) in [5.41, 5.74) is 16.2. The van der Waals surface area contributed by atoms with Gasteiger partial charge in [0.25, 0.3) is 0 Å². The highest BCUT2D eigenvalue weighted by atomic mass is 16.5. The number of ether oxygens (including phenoxy) is 1. The first kappa shape index (κ1) is 34.9. The molecular formula is C58H38N2O. The smallest absolute Gasteiger partial charge is 0.152 e. The van der Waals surface area contributed by atoms with Crippen molar-refractivity contribution >= 4 is 49.6 Å². The van der Waals surface area contributed by atoms with Crippen LogP contribution in [0.4, 0.5) is 17.1 Å². The summed E-state index contributed by atoms with van der Waals surface area (Å²) in [4.78, 5) is 2.35. The third-order valence-electron chi connectivity index (χ3n) is 12.2. The van der Waals surface area contributed by atoms with Gasteiger partial charge >= 0.3 is 0 Å². The third kappa shape index (κ3) is 6.06. The van der Waals surface area contributed by atoms with Gasteiger partial charge in [-0.3, -0.25) is 0 Å². The minimum atomic E-state index is 0.875. The number of anilines is 3. The van der Waals surface area contributed by atoms with Crippen LogP contribution < -0.4 is 9.64 Å². The molecule has 61 heavy (non-hydrogen) atoms. The molecule has 0 saturated carbocycles. The largest absolute Gasteiger partial charge is 0.453 e. The summed E-state index contributed by atoms with van der Waals surface area (Å²) in [6.07, 6.45) is 0. The molecule has 0 radical (unpaired) electrons. The number of hydrogen-bond acceptors (Lipinski definition) is 2. The van der Waals surface area contributed by atoms with E-state index in [1.54, 1.807) is 0 Å². The molecular weight excluding hydrogens is 741 g/mol. The summed E-state index contributed by atoms with van der Waals surface area (Å²) < 4.78 is 8.72. The SMILES string of the molecule is c1ccc(-c2ccc(-c3ccc(N(c4ccc(-c5ccc6ccccc6c5)cc4)c4ccc(-c5ccc6c(c5)c5cccc7c5n6-c5ccccc5O7)cc4)cc3)cc2)cc1. The maximum atomic E-state index is 6.37. The van der Waals surface area contributed by atoms with E-state index in [4.69, 9.17) is 4.74 Å². The number of para-hydroxylation sites is 3. The summed E-state index contributed by atoms with van der Waals surface area (Å²) in [5, 5.41) is 4.89. The molecule has 0 amide bonds. The molecule has 1 aliphatic heterocycles. The van der Waals surface area contributed by atoms with E-state index in [1.165, 1.54) is 66.0 Å². The fraction of sp³-hybridized carbons (Fsp3) is 0. The molecule has 1 aromatic heterocycles. The Labute approximate surface area is 354 Å². The highest BCUT2D eigenvalue weighted by Gasteiger charge is 2.23. The maximum Gasteiger partial charge on any atom is 0.152 e. The molecule has 0 N–H and O–H groups in total. The summed E-state index contributed by atoms with van der Waals surface area (Å²) in [5.74, 6) is 1.76. The van der Waals surface area contributed by atoms with Crippen molar-refractivity contribution in [3.8, 4) is 61.7 Å². The first-order chi connectivity index (χ1) is 30.2. The molecule has 2 heterocycles. The van der Waals surface area contributed by atoms with Crippen molar-refractivity contribution in [1.82, 2.24) is 4.57 Å². The Morgan fingerprint density at radius 3 is 1.44 bits per heavy atom. The standard InChI is InChI=1S/C58H38N2O/c1-2-9-39(10-3-1)41-17-19-42(20-18-41)43-23-30-49(31-24-43)59(50-32-25-44(26-33-50)47-22-21-40-11-4-5-12-46(40)37-47)51-34-27-45(28-35-51)48-29-36-54-53(38-48)52-13-8-16-57-58(52)60(54)55-14-6-7-15-56(55)61-57/h1-38H. The molecule has 0 unspecified atom stereocenters. The van der Waals surface area contributed by atoms with Crippen LogP contribution in [0.25, 0.3) is 82.8 Å². The highest BCUT2D eigenvalue weighted by molar-refractivity contribution is 6.13. The van der Waals surface area contributed by atoms with E-state index in [1.807, 2.05) is 12.1 Å². The zero-order valence-electron chi connectivity index (χ0n) is 33.2. The van der Waals surface area contributed by atoms with Gasteiger partial charge in [-0.2, -0.15) is 0 Å². The zero-order valence-corrected chi connectivity index (χ0v) is 33.2. The predicted octanol–water partition coefficient (Wildman–Crippen LogP) is 16.2. The van der Waals surface area contributed by atoms with Gasteiger partial charge in [0.1, 0.15) is 0 Å². The zero-order chi connectivity index (χ0) is 40.3. The van der Waals surface area contributed by atoms with Gasteiger partial charge in [-0.05, 0) is 128 Å². The summed E-state index contributed by atoms with van der Waals surface area (Å²) in [6, 6.07) is 82.9. The van der Waals surface area contributed by atoms with Crippen LogP contribution in [0.1, 0.15) is 0 Å². The molecule has 0 bridgehead atoms. The van der Waals surface area contributed by atoms with Gasteiger partial charge in [0.15, 0.2) is 11.5 Å². The second-order valence-electron chi connectivity index (χ2n) is 15.8. The fourth-order valence-electron chi connectivity index (χ4n) is 9.11. The molecule has 0 spiro atoms. The fourth-order valence-corrected chi connectivity index (χ4v) is 9.11. The molecule has 10 aromatic carbocycles. The van der Waals surface area contributed by atoms with Crippen LogP contribution >= 0.6 is 0 Å². The van der Waals surface area contributed by atoms with E-state index >= 15 is 0 Å². The topological polar surface area (TPSA) is 17.4 Å². The highest BCUT2D eigenvalue weighted by Crippen LogP contribution is 2.46. The molecule has 286 valence electrons. The summed E-state index contributed by atoms with van der Waals surface area (Å²) >= 11 is 0. The van der Waals surface area contributed by atoms with Gasteiger partial charge < -0.3 is 14.2 Å². The lowest BCUT2D eigenvalue weighted by Crippen LogP contribution is -2.09. The predicted molar refractivity (Wildman–Crippen MR) is 255 cm³/mol. The van der Waals surface area contributed by atoms with Crippen molar-refractivity contribution < 1.29 is 4.74 Å². The second kappa shape index (κ2) is 14.3. The number of nitrogens with zero attached hydrogens (tertiary/aromatic N) is 2. The molecule has 0 saturated heterocycles. The van der Waals surface area contributed by atoms with Crippen LogP contribution in [0.5, 0.6) is 11.5 Å². The van der Waals surface area contributed by atoms with Crippen molar-refractivity contribution in [3.05, 3.63) is 231 Å². The Morgan fingerprint density at radius 2 is 0.787 bits per heavy atom. The normalized spacial score (nSPS) is 11.7. The van der Waals surface area contributed by atoms with E-state index in [0.29, 0.717) is 0 Å². The Hall–Kier alpha value is -8.14. The van der Waals surface area contributed by atoms with Crippen molar-refractivity contribution in [2.24, 2.45) is 0 Å². The monoisotopic (exact) mass is 778 g/mol. The Bertz CT molecular complexity index is 3400. The molecule has 0 fully saturated rings. The lowest BCUT2D eigenvalue weighted by Gasteiger charge is -2.26. The van der Waals surface area contributed by atoms with Gasteiger partial charge in [-0.25, -0.2) is 0 Å². The van der Waals surface area contributed by atoms with Crippen molar-refractivity contribution in [3.63, 3.8) is 0 Å².